The number of aryl methyl sites for hydroxylation is 4. The van der Waals surface area contributed by atoms with E-state index in [1.54, 1.807) is 27.7 Å². The monoisotopic (exact) mass is 675 g/mol. The molecule has 1 saturated heterocycles. The van der Waals surface area contributed by atoms with E-state index in [4.69, 9.17) is 0 Å². The Balaban J connectivity index is 1.81. The maximum atomic E-state index is 16.5. The van der Waals surface area contributed by atoms with Crippen molar-refractivity contribution in [3.05, 3.63) is 91.4 Å². The molecule has 1 fully saturated rings. The zero-order valence-electron chi connectivity index (χ0n) is 28.0. The third-order valence-corrected chi connectivity index (χ3v) is 8.85. The van der Waals surface area contributed by atoms with E-state index in [-0.39, 0.29) is 35.4 Å². The van der Waals surface area contributed by atoms with Gasteiger partial charge in [0.1, 0.15) is 17.7 Å². The van der Waals surface area contributed by atoms with Gasteiger partial charge in [-0.1, -0.05) is 31.5 Å². The molecule has 2 atom stereocenters. The zero-order valence-corrected chi connectivity index (χ0v) is 28.0. The highest BCUT2D eigenvalue weighted by Crippen LogP contribution is 2.38. The summed E-state index contributed by atoms with van der Waals surface area (Å²) in [6.07, 6.45) is -3.77. The number of hydrogen-bond donors (Lipinski definition) is 2. The van der Waals surface area contributed by atoms with Gasteiger partial charge in [0.25, 0.3) is 5.56 Å². The van der Waals surface area contributed by atoms with Crippen LogP contribution in [0.1, 0.15) is 84.1 Å². The van der Waals surface area contributed by atoms with Crippen LogP contribution < -0.4 is 10.9 Å². The van der Waals surface area contributed by atoms with E-state index in [9.17, 15) is 32.7 Å². The molecule has 2 N–H and O–H groups in total. The van der Waals surface area contributed by atoms with Crippen molar-refractivity contribution in [1.29, 1.82) is 0 Å². The van der Waals surface area contributed by atoms with E-state index in [1.807, 2.05) is 24.0 Å². The summed E-state index contributed by atoms with van der Waals surface area (Å²) in [6, 6.07) is 2.39. The van der Waals surface area contributed by atoms with E-state index in [2.05, 4.69) is 5.32 Å². The van der Waals surface area contributed by atoms with Crippen LogP contribution in [0.5, 0.6) is 0 Å². The smallest absolute Gasteiger partial charge is 0.416 e. The SMILES string of the molecule is Cc1cc(C)c(-c2cc(C)c(F)c([C@H](CC(=O)O)NC(=O)C(CC(C)C)n3cc(CCN4CCC4)c(C(F)(F)F)cc3=O)c2F)c(C)c1. The molecule has 1 aromatic heterocycles. The van der Waals surface area contributed by atoms with Gasteiger partial charge in [-0.25, -0.2) is 8.78 Å². The molecule has 1 aliphatic rings. The van der Waals surface area contributed by atoms with Gasteiger partial charge in [-0.2, -0.15) is 13.2 Å². The molecule has 0 saturated carbocycles. The van der Waals surface area contributed by atoms with Crippen molar-refractivity contribution in [1.82, 2.24) is 14.8 Å². The number of hydrogen-bond acceptors (Lipinski definition) is 4. The largest absolute Gasteiger partial charge is 0.481 e. The molecule has 4 rings (SSSR count). The van der Waals surface area contributed by atoms with Gasteiger partial charge >= 0.3 is 12.1 Å². The summed E-state index contributed by atoms with van der Waals surface area (Å²) in [7, 11) is 0. The number of halogens is 5. The number of carboxylic acids is 1. The first kappa shape index (κ1) is 36.8. The fraction of sp³-hybridized carbons (Fsp3) is 0.472. The van der Waals surface area contributed by atoms with Gasteiger partial charge in [0.2, 0.25) is 5.91 Å². The van der Waals surface area contributed by atoms with Crippen LogP contribution in [0, 0.1) is 45.2 Å². The maximum Gasteiger partial charge on any atom is 0.416 e. The fourth-order valence-electron chi connectivity index (χ4n) is 6.53. The summed E-state index contributed by atoms with van der Waals surface area (Å²) < 4.78 is 75.2. The average Bonchev–Trinajstić information content (AvgIpc) is 2.92. The lowest BCUT2D eigenvalue weighted by atomic mass is 9.88. The first-order valence-electron chi connectivity index (χ1n) is 16.0. The molecule has 48 heavy (non-hydrogen) atoms. The Bertz CT molecular complexity index is 1740. The molecule has 0 bridgehead atoms. The van der Waals surface area contributed by atoms with E-state index >= 15 is 8.78 Å². The van der Waals surface area contributed by atoms with Crippen LogP contribution >= 0.6 is 0 Å². The Hall–Kier alpha value is -4.06. The van der Waals surface area contributed by atoms with Gasteiger partial charge in [0.05, 0.1) is 18.0 Å². The van der Waals surface area contributed by atoms with Gasteiger partial charge < -0.3 is 19.9 Å². The molecule has 1 unspecified atom stereocenters. The summed E-state index contributed by atoms with van der Waals surface area (Å²) >= 11 is 0. The lowest BCUT2D eigenvalue weighted by molar-refractivity contribution is -0.139. The minimum Gasteiger partial charge on any atom is -0.481 e. The fourth-order valence-corrected chi connectivity index (χ4v) is 6.53. The molecule has 0 spiro atoms. The van der Waals surface area contributed by atoms with E-state index in [0.717, 1.165) is 35.8 Å². The Morgan fingerprint density at radius 2 is 1.58 bits per heavy atom. The molecule has 260 valence electrons. The number of aromatic nitrogens is 1. The third-order valence-electron chi connectivity index (χ3n) is 8.85. The van der Waals surface area contributed by atoms with Crippen molar-refractivity contribution in [3.63, 3.8) is 0 Å². The van der Waals surface area contributed by atoms with Gasteiger partial charge in [0, 0.05) is 29.9 Å². The molecule has 3 aromatic rings. The van der Waals surface area contributed by atoms with Crippen molar-refractivity contribution < 1.29 is 36.6 Å². The summed E-state index contributed by atoms with van der Waals surface area (Å²) in [5, 5.41) is 12.2. The number of aliphatic carboxylic acids is 1. The topological polar surface area (TPSA) is 91.6 Å². The molecule has 2 aromatic carbocycles. The molecular weight excluding hydrogens is 633 g/mol. The van der Waals surface area contributed by atoms with Gasteiger partial charge in [-0.3, -0.25) is 14.4 Å². The van der Waals surface area contributed by atoms with Crippen LogP contribution in [0.4, 0.5) is 22.0 Å². The number of amides is 1. The summed E-state index contributed by atoms with van der Waals surface area (Å²) in [4.78, 5) is 41.2. The summed E-state index contributed by atoms with van der Waals surface area (Å²) in [5.74, 6) is -4.73. The number of likely N-dealkylation sites (tertiary alicyclic amines) is 1. The number of carbonyl (C=O) groups excluding carboxylic acids is 1. The summed E-state index contributed by atoms with van der Waals surface area (Å²) in [5.41, 5.74) is -0.0638. The van der Waals surface area contributed by atoms with Crippen LogP contribution in [0.15, 0.2) is 35.3 Å². The third kappa shape index (κ3) is 8.14. The summed E-state index contributed by atoms with van der Waals surface area (Å²) in [6.45, 7) is 12.2. The molecule has 2 heterocycles. The molecule has 1 aliphatic heterocycles. The Morgan fingerprint density at radius 1 is 0.958 bits per heavy atom. The minimum atomic E-state index is -4.81. The van der Waals surface area contributed by atoms with Crippen molar-refractivity contribution in [2.75, 3.05) is 19.6 Å². The quantitative estimate of drug-likeness (QED) is 0.198. The Labute approximate surface area is 276 Å². The minimum absolute atomic E-state index is 0.0196. The second-order valence-corrected chi connectivity index (χ2v) is 13.3. The zero-order chi connectivity index (χ0) is 35.7. The lowest BCUT2D eigenvalue weighted by Gasteiger charge is -2.31. The number of pyridine rings is 1. The number of carbonyl (C=O) groups is 2. The van der Waals surface area contributed by atoms with Crippen LogP contribution in [0.25, 0.3) is 11.1 Å². The van der Waals surface area contributed by atoms with Crippen LogP contribution in [-0.2, 0) is 22.2 Å². The number of nitrogens with zero attached hydrogens (tertiary/aromatic N) is 2. The lowest BCUT2D eigenvalue weighted by Crippen LogP contribution is -2.41. The van der Waals surface area contributed by atoms with Gasteiger partial charge in [0.15, 0.2) is 0 Å². The Morgan fingerprint density at radius 3 is 2.10 bits per heavy atom. The van der Waals surface area contributed by atoms with E-state index in [0.29, 0.717) is 29.3 Å². The molecule has 12 heteroatoms. The van der Waals surface area contributed by atoms with Gasteiger partial charge in [-0.05, 0) is 99.8 Å². The first-order chi connectivity index (χ1) is 22.4. The van der Waals surface area contributed by atoms with Gasteiger partial charge in [-0.15, -0.1) is 0 Å². The predicted molar refractivity (Wildman–Crippen MR) is 173 cm³/mol. The Kier molecular flexibility index (Phi) is 11.2. The van der Waals surface area contributed by atoms with Crippen LogP contribution in [0.3, 0.4) is 0 Å². The molecule has 0 aliphatic carbocycles. The van der Waals surface area contributed by atoms with Crippen LogP contribution in [0.2, 0.25) is 0 Å². The molecular formula is C36H42F5N3O4. The second-order valence-electron chi connectivity index (χ2n) is 13.3. The highest BCUT2D eigenvalue weighted by Gasteiger charge is 2.37. The van der Waals surface area contributed by atoms with Crippen molar-refractivity contribution in [3.8, 4) is 11.1 Å². The number of benzene rings is 2. The standard InChI is InChI=1S/C36H42F5N3O4/c1-19(2)12-28(44-18-24(8-11-43-9-7-10-43)26(16-29(44)45)36(39,40)41)35(48)42-27(17-30(46)47)32-33(37)23(6)15-25(34(32)38)31-21(4)13-20(3)14-22(31)5/h13-16,18-19,27-28H,7-12,17H2,1-6H3,(H,42,48)(H,46,47)/t27-,28?/m0/s1. The van der Waals surface area contributed by atoms with Crippen LogP contribution in [-0.4, -0.2) is 46.1 Å². The second kappa shape index (κ2) is 14.6. The number of nitrogens with one attached hydrogen (secondary N) is 1. The molecule has 7 nitrogen and oxygen atoms in total. The van der Waals surface area contributed by atoms with Crippen molar-refractivity contribution in [2.24, 2.45) is 5.92 Å². The molecule has 0 radical (unpaired) electrons. The molecule has 1 amide bonds. The number of carboxylic acid groups (broad SMARTS) is 1. The van der Waals surface area contributed by atoms with E-state index in [1.165, 1.54) is 13.0 Å². The average molecular weight is 676 g/mol. The number of alkyl halides is 3. The van der Waals surface area contributed by atoms with Crippen molar-refractivity contribution in [2.45, 2.75) is 85.5 Å². The van der Waals surface area contributed by atoms with E-state index < -0.39 is 64.9 Å². The number of rotatable bonds is 12. The highest BCUT2D eigenvalue weighted by molar-refractivity contribution is 5.82. The first-order valence-corrected chi connectivity index (χ1v) is 16.0. The van der Waals surface area contributed by atoms with Crippen molar-refractivity contribution >= 4 is 11.9 Å². The normalized spacial score (nSPS) is 14.9. The maximum absolute atomic E-state index is 16.5. The predicted octanol–water partition coefficient (Wildman–Crippen LogP) is 7.21. The highest BCUT2D eigenvalue weighted by atomic mass is 19.4.